The Hall–Kier alpha value is -2.58. The normalized spacial score (nSPS) is 13.0. The Bertz CT molecular complexity index is 968. The van der Waals surface area contributed by atoms with Crippen LogP contribution >= 0.6 is 0 Å². The van der Waals surface area contributed by atoms with E-state index in [0.29, 0.717) is 10.7 Å². The smallest absolute Gasteiger partial charge is 0.284 e. The molecule has 0 saturated carbocycles. The predicted molar refractivity (Wildman–Crippen MR) is 73.6 cm³/mol. The fraction of sp³-hybridized carbons (Fsp3) is 0.200. The second-order valence-electron chi connectivity index (χ2n) is 5.16. The molecule has 0 atom stereocenters. The molecule has 24 heavy (non-hydrogen) atoms. The average Bonchev–Trinajstić information content (AvgIpc) is 2.80. The second-order valence-corrected chi connectivity index (χ2v) is 5.16. The number of hydrogen-bond acceptors (Lipinski definition) is 2. The van der Waals surface area contributed by atoms with E-state index in [9.17, 15) is 31.1 Å². The molecule has 0 aliphatic rings. The SMILES string of the molecule is Cn1nc2c(cc(C(=O)C(F)(F)F)c3ccccc32)c1C(F)(F)F. The minimum atomic E-state index is -5.20. The number of benzene rings is 2. The highest BCUT2D eigenvalue weighted by Gasteiger charge is 2.42. The lowest BCUT2D eigenvalue weighted by molar-refractivity contribution is -0.142. The first-order valence-corrected chi connectivity index (χ1v) is 6.59. The van der Waals surface area contributed by atoms with Crippen LogP contribution in [0.4, 0.5) is 26.3 Å². The van der Waals surface area contributed by atoms with Crippen molar-refractivity contribution in [1.82, 2.24) is 9.78 Å². The van der Waals surface area contributed by atoms with Crippen molar-refractivity contribution in [2.45, 2.75) is 12.4 Å². The topological polar surface area (TPSA) is 34.9 Å². The van der Waals surface area contributed by atoms with Crippen molar-refractivity contribution in [3.63, 3.8) is 0 Å². The van der Waals surface area contributed by atoms with Crippen LogP contribution in [0, 0.1) is 0 Å². The molecule has 0 unspecified atom stereocenters. The minimum absolute atomic E-state index is 0.0497. The van der Waals surface area contributed by atoms with Crippen LogP contribution in [-0.2, 0) is 13.2 Å². The zero-order valence-corrected chi connectivity index (χ0v) is 12.0. The van der Waals surface area contributed by atoms with E-state index in [2.05, 4.69) is 5.10 Å². The van der Waals surface area contributed by atoms with Gasteiger partial charge in [0, 0.05) is 23.4 Å². The fourth-order valence-corrected chi connectivity index (χ4v) is 2.70. The van der Waals surface area contributed by atoms with Crippen molar-refractivity contribution in [3.8, 4) is 0 Å². The van der Waals surface area contributed by atoms with Gasteiger partial charge < -0.3 is 0 Å². The molecule has 126 valence electrons. The van der Waals surface area contributed by atoms with E-state index < -0.39 is 34.8 Å². The third-order valence-electron chi connectivity index (χ3n) is 3.62. The molecule has 0 N–H and O–H groups in total. The lowest BCUT2D eigenvalue weighted by Crippen LogP contribution is -2.23. The molecular weight excluding hydrogens is 338 g/mol. The Kier molecular flexibility index (Phi) is 3.36. The number of ketones is 1. The number of Topliss-reactive ketones (excluding diaryl/α,β-unsaturated/α-hetero) is 1. The molecule has 0 aliphatic heterocycles. The Balaban J connectivity index is 2.50. The predicted octanol–water partition coefficient (Wildman–Crippen LogP) is 4.49. The van der Waals surface area contributed by atoms with E-state index in [1.807, 2.05) is 0 Å². The van der Waals surface area contributed by atoms with Gasteiger partial charge >= 0.3 is 12.4 Å². The highest BCUT2D eigenvalue weighted by atomic mass is 19.4. The molecule has 3 nitrogen and oxygen atoms in total. The van der Waals surface area contributed by atoms with Gasteiger partial charge in [-0.25, -0.2) is 0 Å². The Morgan fingerprint density at radius 2 is 1.58 bits per heavy atom. The number of carbonyl (C=O) groups is 1. The van der Waals surface area contributed by atoms with Crippen LogP contribution in [-0.4, -0.2) is 21.7 Å². The quantitative estimate of drug-likeness (QED) is 0.481. The number of carbonyl (C=O) groups excluding carboxylic acids is 1. The van der Waals surface area contributed by atoms with Crippen molar-refractivity contribution in [3.05, 3.63) is 41.6 Å². The molecule has 0 bridgehead atoms. The third kappa shape index (κ3) is 2.40. The Morgan fingerprint density at radius 1 is 1.00 bits per heavy atom. The average molecular weight is 346 g/mol. The van der Waals surface area contributed by atoms with E-state index in [0.717, 1.165) is 7.05 Å². The maximum absolute atomic E-state index is 13.2. The number of halogens is 6. The van der Waals surface area contributed by atoms with Gasteiger partial charge in [0.1, 0.15) is 11.2 Å². The lowest BCUT2D eigenvalue weighted by atomic mass is 9.97. The first-order chi connectivity index (χ1) is 11.0. The van der Waals surface area contributed by atoms with E-state index in [-0.39, 0.29) is 16.3 Å². The van der Waals surface area contributed by atoms with E-state index in [4.69, 9.17) is 0 Å². The number of fused-ring (bicyclic) bond motifs is 3. The van der Waals surface area contributed by atoms with Gasteiger partial charge in [0.15, 0.2) is 0 Å². The molecular formula is C15H8F6N2O. The maximum atomic E-state index is 13.2. The van der Waals surface area contributed by atoms with Crippen LogP contribution in [0.2, 0.25) is 0 Å². The largest absolute Gasteiger partial charge is 0.454 e. The van der Waals surface area contributed by atoms with Crippen LogP contribution < -0.4 is 0 Å². The number of alkyl halides is 6. The van der Waals surface area contributed by atoms with Crippen molar-refractivity contribution in [2.24, 2.45) is 7.05 Å². The number of nitrogens with zero attached hydrogens (tertiary/aromatic N) is 2. The monoisotopic (exact) mass is 346 g/mol. The standard InChI is InChI=1S/C15H8F6N2O/c1-23-12(14(16,17)18)10-6-9(13(24)15(19,20)21)7-4-2-3-5-8(7)11(10)22-23/h2-6H,1H3. The first-order valence-electron chi connectivity index (χ1n) is 6.59. The minimum Gasteiger partial charge on any atom is -0.284 e. The molecule has 3 aromatic rings. The summed E-state index contributed by atoms with van der Waals surface area (Å²) in [5, 5.41) is 3.18. The molecule has 9 heteroatoms. The molecule has 0 fully saturated rings. The highest BCUT2D eigenvalue weighted by Crippen LogP contribution is 2.39. The van der Waals surface area contributed by atoms with Gasteiger partial charge in [-0.05, 0) is 11.5 Å². The molecule has 0 amide bonds. The van der Waals surface area contributed by atoms with Crippen LogP contribution in [0.25, 0.3) is 21.7 Å². The summed E-state index contributed by atoms with van der Waals surface area (Å²) in [6, 6.07) is 6.04. The van der Waals surface area contributed by atoms with Gasteiger partial charge in [-0.3, -0.25) is 9.48 Å². The molecule has 0 spiro atoms. The van der Waals surface area contributed by atoms with Crippen LogP contribution in [0.3, 0.4) is 0 Å². The lowest BCUT2D eigenvalue weighted by Gasteiger charge is -2.11. The summed E-state index contributed by atoms with van der Waals surface area (Å²) in [6.07, 6.45) is -10.0. The van der Waals surface area contributed by atoms with Crippen molar-refractivity contribution >= 4 is 27.5 Å². The number of rotatable bonds is 1. The van der Waals surface area contributed by atoms with Crippen LogP contribution in [0.1, 0.15) is 16.1 Å². The number of aromatic nitrogens is 2. The van der Waals surface area contributed by atoms with Crippen LogP contribution in [0.5, 0.6) is 0 Å². The summed E-state index contributed by atoms with van der Waals surface area (Å²) in [4.78, 5) is 11.7. The van der Waals surface area contributed by atoms with E-state index in [1.54, 1.807) is 0 Å². The van der Waals surface area contributed by atoms with Gasteiger partial charge in [-0.1, -0.05) is 24.3 Å². The first kappa shape index (κ1) is 16.3. The molecule has 3 rings (SSSR count). The highest BCUT2D eigenvalue weighted by molar-refractivity contribution is 6.18. The molecule has 0 aliphatic carbocycles. The van der Waals surface area contributed by atoms with Gasteiger partial charge in [0.2, 0.25) is 0 Å². The molecule has 1 heterocycles. The third-order valence-corrected chi connectivity index (χ3v) is 3.62. The molecule has 0 radical (unpaired) electrons. The molecule has 2 aromatic carbocycles. The van der Waals surface area contributed by atoms with Crippen molar-refractivity contribution in [1.29, 1.82) is 0 Å². The summed E-state index contributed by atoms with van der Waals surface area (Å²) >= 11 is 0. The van der Waals surface area contributed by atoms with Crippen molar-refractivity contribution in [2.75, 3.05) is 0 Å². The Labute approximate surface area is 130 Å². The second kappa shape index (κ2) is 4.96. The molecule has 1 aromatic heterocycles. The zero-order valence-electron chi connectivity index (χ0n) is 12.0. The number of hydrogen-bond donors (Lipinski definition) is 0. The van der Waals surface area contributed by atoms with Gasteiger partial charge in [0.05, 0.1) is 0 Å². The van der Waals surface area contributed by atoms with Crippen LogP contribution in [0.15, 0.2) is 30.3 Å². The van der Waals surface area contributed by atoms with Gasteiger partial charge in [-0.15, -0.1) is 0 Å². The van der Waals surface area contributed by atoms with E-state index >= 15 is 0 Å². The summed E-state index contributed by atoms with van der Waals surface area (Å²) < 4.78 is 78.6. The zero-order chi connectivity index (χ0) is 17.9. The molecule has 0 saturated heterocycles. The van der Waals surface area contributed by atoms with E-state index in [1.165, 1.54) is 24.3 Å². The fourth-order valence-electron chi connectivity index (χ4n) is 2.70. The van der Waals surface area contributed by atoms with Gasteiger partial charge in [-0.2, -0.15) is 31.4 Å². The summed E-state index contributed by atoms with van der Waals surface area (Å²) in [7, 11) is 1.04. The Morgan fingerprint density at radius 3 is 2.12 bits per heavy atom. The van der Waals surface area contributed by atoms with Gasteiger partial charge in [0.25, 0.3) is 5.78 Å². The maximum Gasteiger partial charge on any atom is 0.454 e. The summed E-state index contributed by atoms with van der Waals surface area (Å²) in [5.74, 6) is -2.20. The summed E-state index contributed by atoms with van der Waals surface area (Å²) in [6.45, 7) is 0. The summed E-state index contributed by atoms with van der Waals surface area (Å²) in [5.41, 5.74) is -2.15. The van der Waals surface area contributed by atoms with Crippen molar-refractivity contribution < 1.29 is 31.1 Å². The number of aryl methyl sites for hydroxylation is 1.